The Labute approximate surface area is 95.8 Å². The van der Waals surface area contributed by atoms with E-state index in [1.54, 1.807) is 0 Å². The first kappa shape index (κ1) is 16.5. The average Bonchev–Trinajstić information content (AvgIpc) is 2.12. The molecule has 0 aliphatic rings. The van der Waals surface area contributed by atoms with Crippen LogP contribution in [0, 0.1) is 0 Å². The third-order valence-electron chi connectivity index (χ3n) is 1.50. The van der Waals surface area contributed by atoms with E-state index in [9.17, 15) is 9.90 Å². The van der Waals surface area contributed by atoms with Crippen LogP contribution in [0.2, 0.25) is 0 Å². The standard InChI is InChI=1S/C6H12O7.Mg/c7-1-2(8)3(9)4(10)5(11)6(12)13;/h2-5,7-11H,1H2,(H,12,13);/q;+2/p-1/t2-,3-,4+,5-;/m1./s1. The minimum Gasteiger partial charge on any atom is -0.547 e. The number of carboxylic acid groups (broad SMARTS) is 1. The molecule has 0 saturated carbocycles. The molecule has 0 spiro atoms. The summed E-state index contributed by atoms with van der Waals surface area (Å²) in [5.74, 6) is -1.98. The molecule has 0 aromatic rings. The van der Waals surface area contributed by atoms with E-state index in [-0.39, 0.29) is 23.1 Å². The average molecular weight is 219 g/mol. The number of carbonyl (C=O) groups excluding carboxylic acids is 1. The maximum atomic E-state index is 9.98. The molecule has 0 saturated heterocycles. The third kappa shape index (κ3) is 4.51. The van der Waals surface area contributed by atoms with Gasteiger partial charge in [-0.05, 0) is 0 Å². The smallest absolute Gasteiger partial charge is 0.547 e. The van der Waals surface area contributed by atoms with Crippen LogP contribution in [-0.4, -0.2) is 85.6 Å². The van der Waals surface area contributed by atoms with Crippen molar-refractivity contribution in [3.8, 4) is 0 Å². The maximum absolute atomic E-state index is 9.98. The number of carbonyl (C=O) groups is 1. The molecule has 0 aliphatic carbocycles. The number of aliphatic hydroxyl groups excluding tert-OH is 5. The summed E-state index contributed by atoms with van der Waals surface area (Å²) >= 11 is 0. The second kappa shape index (κ2) is 7.34. The fourth-order valence-corrected chi connectivity index (χ4v) is 0.662. The van der Waals surface area contributed by atoms with Gasteiger partial charge in [-0.1, -0.05) is 0 Å². The summed E-state index contributed by atoms with van der Waals surface area (Å²) in [4.78, 5) is 9.98. The number of hydrogen-bond donors (Lipinski definition) is 5. The fourth-order valence-electron chi connectivity index (χ4n) is 0.662. The molecule has 14 heavy (non-hydrogen) atoms. The predicted molar refractivity (Wildman–Crippen MR) is 41.9 cm³/mol. The Morgan fingerprint density at radius 1 is 1.14 bits per heavy atom. The molecule has 0 fully saturated rings. The van der Waals surface area contributed by atoms with Gasteiger partial charge in [0.25, 0.3) is 0 Å². The molecule has 0 amide bonds. The summed E-state index contributed by atoms with van der Waals surface area (Å²) in [7, 11) is 0. The molecule has 0 bridgehead atoms. The van der Waals surface area contributed by atoms with E-state index >= 15 is 0 Å². The van der Waals surface area contributed by atoms with Crippen molar-refractivity contribution in [3.05, 3.63) is 0 Å². The van der Waals surface area contributed by atoms with Crippen molar-refractivity contribution >= 4 is 29.0 Å². The molecule has 0 rings (SSSR count). The summed E-state index contributed by atoms with van der Waals surface area (Å²) in [6, 6.07) is 0. The number of rotatable bonds is 5. The van der Waals surface area contributed by atoms with Gasteiger partial charge in [-0.15, -0.1) is 0 Å². The first-order valence-corrected chi connectivity index (χ1v) is 3.45. The molecule has 0 aromatic carbocycles. The Morgan fingerprint density at radius 3 is 1.86 bits per heavy atom. The molecule has 7 nitrogen and oxygen atoms in total. The number of aliphatic carboxylic acids is 1. The minimum absolute atomic E-state index is 0. The summed E-state index contributed by atoms with van der Waals surface area (Å²) in [6.45, 7) is -0.863. The summed E-state index contributed by atoms with van der Waals surface area (Å²) in [5, 5.41) is 53.4. The van der Waals surface area contributed by atoms with Crippen LogP contribution in [0.1, 0.15) is 0 Å². The van der Waals surface area contributed by atoms with Gasteiger partial charge in [-0.3, -0.25) is 0 Å². The SMILES string of the molecule is O=C([O-])[C@H](O)[C@@H](O)[C@H](O)[C@H](O)CO.[Mg+2]. The predicted octanol–water partition coefficient (Wildman–Crippen LogP) is -5.21. The third-order valence-corrected chi connectivity index (χ3v) is 1.50. The maximum Gasteiger partial charge on any atom is 2.00 e. The largest absolute Gasteiger partial charge is 2.00 e. The van der Waals surface area contributed by atoms with E-state index in [1.807, 2.05) is 0 Å². The van der Waals surface area contributed by atoms with Crippen LogP contribution in [0.4, 0.5) is 0 Å². The molecule has 5 N–H and O–H groups in total. The molecule has 0 radical (unpaired) electrons. The van der Waals surface area contributed by atoms with Crippen LogP contribution in [0.5, 0.6) is 0 Å². The number of hydrogen-bond acceptors (Lipinski definition) is 7. The number of carboxylic acids is 1. The van der Waals surface area contributed by atoms with Gasteiger partial charge in [0.2, 0.25) is 0 Å². The van der Waals surface area contributed by atoms with E-state index < -0.39 is 37.0 Å². The van der Waals surface area contributed by atoms with E-state index in [0.29, 0.717) is 0 Å². The molecular formula is C6H11MgO7+. The van der Waals surface area contributed by atoms with Crippen LogP contribution in [0.3, 0.4) is 0 Å². The van der Waals surface area contributed by atoms with Crippen molar-refractivity contribution in [2.45, 2.75) is 24.4 Å². The second-order valence-corrected chi connectivity index (χ2v) is 2.49. The van der Waals surface area contributed by atoms with E-state index in [2.05, 4.69) is 0 Å². The molecule has 78 valence electrons. The van der Waals surface area contributed by atoms with Crippen molar-refractivity contribution in [2.24, 2.45) is 0 Å². The zero-order chi connectivity index (χ0) is 10.6. The van der Waals surface area contributed by atoms with Crippen molar-refractivity contribution in [1.29, 1.82) is 0 Å². The zero-order valence-corrected chi connectivity index (χ0v) is 8.69. The van der Waals surface area contributed by atoms with Crippen LogP contribution in [0.25, 0.3) is 0 Å². The van der Waals surface area contributed by atoms with Crippen molar-refractivity contribution in [2.75, 3.05) is 6.61 Å². The van der Waals surface area contributed by atoms with Crippen molar-refractivity contribution < 1.29 is 35.4 Å². The van der Waals surface area contributed by atoms with Crippen LogP contribution in [0.15, 0.2) is 0 Å². The van der Waals surface area contributed by atoms with Crippen molar-refractivity contribution in [3.63, 3.8) is 0 Å². The Hall–Kier alpha value is 0.0362. The van der Waals surface area contributed by atoms with E-state index in [0.717, 1.165) is 0 Å². The molecule has 4 atom stereocenters. The Balaban J connectivity index is 0. The van der Waals surface area contributed by atoms with Crippen molar-refractivity contribution in [1.82, 2.24) is 0 Å². The summed E-state index contributed by atoms with van der Waals surface area (Å²) in [5.41, 5.74) is 0. The Kier molecular flexibility index (Phi) is 8.64. The Bertz CT molecular complexity index is 176. The molecular weight excluding hydrogens is 208 g/mol. The summed E-state index contributed by atoms with van der Waals surface area (Å²) < 4.78 is 0. The molecule has 8 heteroatoms. The molecule has 0 aromatic heterocycles. The van der Waals surface area contributed by atoms with Gasteiger partial charge in [0.05, 0.1) is 12.6 Å². The number of aliphatic hydroxyl groups is 5. The minimum atomic E-state index is -2.31. The van der Waals surface area contributed by atoms with Crippen LogP contribution < -0.4 is 5.11 Å². The zero-order valence-electron chi connectivity index (χ0n) is 7.28. The van der Waals surface area contributed by atoms with E-state index in [4.69, 9.17) is 25.5 Å². The van der Waals surface area contributed by atoms with Gasteiger partial charge >= 0.3 is 23.1 Å². The molecule has 0 heterocycles. The normalized spacial score (nSPS) is 18.9. The van der Waals surface area contributed by atoms with Gasteiger partial charge in [-0.2, -0.15) is 0 Å². The van der Waals surface area contributed by atoms with Gasteiger partial charge in [0.1, 0.15) is 24.4 Å². The van der Waals surface area contributed by atoms with Gasteiger partial charge < -0.3 is 35.4 Å². The quantitative estimate of drug-likeness (QED) is 0.291. The molecule has 0 unspecified atom stereocenters. The molecule has 0 aliphatic heterocycles. The van der Waals surface area contributed by atoms with E-state index in [1.165, 1.54) is 0 Å². The van der Waals surface area contributed by atoms with Crippen LogP contribution in [-0.2, 0) is 4.79 Å². The fraction of sp³-hybridized carbons (Fsp3) is 0.833. The topological polar surface area (TPSA) is 141 Å². The van der Waals surface area contributed by atoms with Gasteiger partial charge in [0, 0.05) is 0 Å². The van der Waals surface area contributed by atoms with Gasteiger partial charge in [0.15, 0.2) is 0 Å². The first-order chi connectivity index (χ1) is 5.91. The van der Waals surface area contributed by atoms with Crippen LogP contribution >= 0.6 is 0 Å². The monoisotopic (exact) mass is 219 g/mol. The Morgan fingerprint density at radius 2 is 1.57 bits per heavy atom. The second-order valence-electron chi connectivity index (χ2n) is 2.49. The summed E-state index contributed by atoms with van der Waals surface area (Å²) in [6.07, 6.45) is -8.08. The first-order valence-electron chi connectivity index (χ1n) is 3.45. The van der Waals surface area contributed by atoms with Gasteiger partial charge in [-0.25, -0.2) is 0 Å².